The molecule has 1 aromatic heterocycles. The van der Waals surface area contributed by atoms with Gasteiger partial charge in [0.25, 0.3) is 0 Å². The third kappa shape index (κ3) is 9.70. The number of aliphatic hydroxyl groups is 1. The smallest absolute Gasteiger partial charge is 0.191 e. The second kappa shape index (κ2) is 14.1. The third-order valence-corrected chi connectivity index (χ3v) is 4.39. The Kier molecular flexibility index (Phi) is 13.6. The Bertz CT molecular complexity index is 544. The molecule has 0 aliphatic rings. The first-order chi connectivity index (χ1) is 12.5. The Labute approximate surface area is 180 Å². The number of guanidine groups is 1. The predicted octanol–water partition coefficient (Wildman–Crippen LogP) is 2.14. The second-order valence-electron chi connectivity index (χ2n) is 6.74. The molecule has 1 aromatic rings. The molecule has 0 unspecified atom stereocenters. The zero-order valence-corrected chi connectivity index (χ0v) is 19.7. The Morgan fingerprint density at radius 1 is 1.22 bits per heavy atom. The van der Waals surface area contributed by atoms with Gasteiger partial charge in [0.05, 0.1) is 5.60 Å². The minimum absolute atomic E-state index is 0. The zero-order valence-electron chi connectivity index (χ0n) is 17.4. The monoisotopic (exact) mass is 496 g/mol. The molecule has 0 spiro atoms. The molecule has 0 radical (unpaired) electrons. The van der Waals surface area contributed by atoms with Gasteiger partial charge < -0.3 is 25.0 Å². The van der Waals surface area contributed by atoms with Crippen LogP contribution in [0.5, 0.6) is 0 Å². The molecule has 0 saturated carbocycles. The molecule has 0 aromatic carbocycles. The van der Waals surface area contributed by atoms with Gasteiger partial charge >= 0.3 is 0 Å². The highest BCUT2D eigenvalue weighted by Gasteiger charge is 2.25. The summed E-state index contributed by atoms with van der Waals surface area (Å²) in [5.74, 6) is 2.34. The zero-order chi connectivity index (χ0) is 19.4. The third-order valence-electron chi connectivity index (χ3n) is 4.39. The van der Waals surface area contributed by atoms with Crippen molar-refractivity contribution in [2.45, 2.75) is 65.0 Å². The normalized spacial score (nSPS) is 12.0. The van der Waals surface area contributed by atoms with Crippen LogP contribution in [-0.4, -0.2) is 58.2 Å². The van der Waals surface area contributed by atoms with E-state index in [0.717, 1.165) is 50.3 Å². The molecule has 0 aliphatic carbocycles. The van der Waals surface area contributed by atoms with E-state index >= 15 is 0 Å². The van der Waals surface area contributed by atoms with Crippen LogP contribution in [0.3, 0.4) is 0 Å². The van der Waals surface area contributed by atoms with E-state index in [4.69, 9.17) is 4.74 Å². The Morgan fingerprint density at radius 2 is 1.89 bits per heavy atom. The summed E-state index contributed by atoms with van der Waals surface area (Å²) in [6, 6.07) is 0. The standard InChI is InChI=1S/C18H36N6O2.HI/c1-6-9-18(25,10-7-2)14-21-17(19-11-8-12-26-5)20-13-16-23-22-15(3)24(16)4;/h25H,6-14H2,1-5H3,(H2,19,20,21);1H. The first-order valence-electron chi connectivity index (χ1n) is 9.54. The van der Waals surface area contributed by atoms with Crippen LogP contribution >= 0.6 is 24.0 Å². The number of hydrogen-bond donors (Lipinski definition) is 3. The Hall–Kier alpha value is -0.940. The van der Waals surface area contributed by atoms with Crippen molar-refractivity contribution in [1.29, 1.82) is 0 Å². The number of hydrogen-bond acceptors (Lipinski definition) is 5. The SMILES string of the molecule is CCCC(O)(CCC)CNC(=NCc1nnc(C)n1C)NCCCOC.I. The van der Waals surface area contributed by atoms with Crippen molar-refractivity contribution in [2.75, 3.05) is 26.8 Å². The van der Waals surface area contributed by atoms with Gasteiger partial charge in [0.15, 0.2) is 11.8 Å². The molecular formula is C18H37IN6O2. The molecule has 0 atom stereocenters. The molecule has 27 heavy (non-hydrogen) atoms. The molecule has 158 valence electrons. The van der Waals surface area contributed by atoms with Gasteiger partial charge in [-0.3, -0.25) is 0 Å². The molecule has 0 amide bonds. The lowest BCUT2D eigenvalue weighted by Gasteiger charge is -2.28. The van der Waals surface area contributed by atoms with Crippen molar-refractivity contribution in [3.63, 3.8) is 0 Å². The van der Waals surface area contributed by atoms with Gasteiger partial charge in [0.1, 0.15) is 12.4 Å². The highest BCUT2D eigenvalue weighted by molar-refractivity contribution is 14.0. The van der Waals surface area contributed by atoms with Crippen LogP contribution in [0, 0.1) is 6.92 Å². The summed E-state index contributed by atoms with van der Waals surface area (Å²) in [5, 5.41) is 25.6. The average molecular weight is 496 g/mol. The van der Waals surface area contributed by atoms with E-state index < -0.39 is 5.60 Å². The van der Waals surface area contributed by atoms with Crippen molar-refractivity contribution in [3.05, 3.63) is 11.6 Å². The summed E-state index contributed by atoms with van der Waals surface area (Å²) in [6.45, 7) is 8.44. The molecule has 0 bridgehead atoms. The summed E-state index contributed by atoms with van der Waals surface area (Å²) in [5.41, 5.74) is -0.708. The summed E-state index contributed by atoms with van der Waals surface area (Å²) in [4.78, 5) is 4.61. The van der Waals surface area contributed by atoms with Gasteiger partial charge in [-0.25, -0.2) is 4.99 Å². The lowest BCUT2D eigenvalue weighted by molar-refractivity contribution is 0.0257. The topological polar surface area (TPSA) is 96.6 Å². The fourth-order valence-corrected chi connectivity index (χ4v) is 2.82. The minimum atomic E-state index is -0.708. The van der Waals surface area contributed by atoms with E-state index in [1.807, 2.05) is 18.5 Å². The van der Waals surface area contributed by atoms with Crippen LogP contribution in [0.1, 0.15) is 57.6 Å². The fourth-order valence-electron chi connectivity index (χ4n) is 2.82. The van der Waals surface area contributed by atoms with Gasteiger partial charge in [-0.05, 0) is 26.2 Å². The van der Waals surface area contributed by atoms with Crippen LogP contribution in [-0.2, 0) is 18.3 Å². The van der Waals surface area contributed by atoms with E-state index in [1.54, 1.807) is 7.11 Å². The summed E-state index contributed by atoms with van der Waals surface area (Å²) < 4.78 is 7.01. The van der Waals surface area contributed by atoms with Crippen LogP contribution in [0.2, 0.25) is 0 Å². The van der Waals surface area contributed by atoms with Gasteiger partial charge in [-0.15, -0.1) is 34.2 Å². The number of rotatable bonds is 12. The number of halogens is 1. The molecule has 0 aliphatic heterocycles. The first-order valence-corrected chi connectivity index (χ1v) is 9.54. The number of aliphatic imine (C=N–C) groups is 1. The highest BCUT2D eigenvalue weighted by atomic mass is 127. The predicted molar refractivity (Wildman–Crippen MR) is 120 cm³/mol. The van der Waals surface area contributed by atoms with Crippen LogP contribution in [0.15, 0.2) is 4.99 Å². The largest absolute Gasteiger partial charge is 0.388 e. The van der Waals surface area contributed by atoms with Gasteiger partial charge in [0, 0.05) is 33.9 Å². The number of ether oxygens (including phenoxy) is 1. The number of nitrogens with one attached hydrogen (secondary N) is 2. The van der Waals surface area contributed by atoms with Crippen molar-refractivity contribution in [2.24, 2.45) is 12.0 Å². The lowest BCUT2D eigenvalue weighted by atomic mass is 9.93. The minimum Gasteiger partial charge on any atom is -0.388 e. The molecule has 8 nitrogen and oxygen atoms in total. The number of aryl methyl sites for hydroxylation is 1. The van der Waals surface area contributed by atoms with Crippen LogP contribution in [0.4, 0.5) is 0 Å². The van der Waals surface area contributed by atoms with Crippen LogP contribution in [0.25, 0.3) is 0 Å². The van der Waals surface area contributed by atoms with Crippen LogP contribution < -0.4 is 10.6 Å². The van der Waals surface area contributed by atoms with Gasteiger partial charge in [-0.2, -0.15) is 0 Å². The molecule has 9 heteroatoms. The second-order valence-corrected chi connectivity index (χ2v) is 6.74. The number of nitrogens with zero attached hydrogens (tertiary/aromatic N) is 4. The lowest BCUT2D eigenvalue weighted by Crippen LogP contribution is -2.47. The van der Waals surface area contributed by atoms with Crippen molar-refractivity contribution < 1.29 is 9.84 Å². The van der Waals surface area contributed by atoms with E-state index in [1.165, 1.54) is 0 Å². The maximum Gasteiger partial charge on any atom is 0.191 e. The number of methoxy groups -OCH3 is 1. The van der Waals surface area contributed by atoms with E-state index in [-0.39, 0.29) is 24.0 Å². The maximum atomic E-state index is 10.8. The maximum absolute atomic E-state index is 10.8. The average Bonchev–Trinajstić information content (AvgIpc) is 2.92. The molecule has 0 fully saturated rings. The number of aromatic nitrogens is 3. The molecule has 1 heterocycles. The van der Waals surface area contributed by atoms with Crippen molar-refractivity contribution in [3.8, 4) is 0 Å². The van der Waals surface area contributed by atoms with E-state index in [9.17, 15) is 5.11 Å². The molecule has 3 N–H and O–H groups in total. The summed E-state index contributed by atoms with van der Waals surface area (Å²) in [7, 11) is 3.62. The van der Waals surface area contributed by atoms with Gasteiger partial charge in [-0.1, -0.05) is 26.7 Å². The highest BCUT2D eigenvalue weighted by Crippen LogP contribution is 2.18. The van der Waals surface area contributed by atoms with E-state index in [2.05, 4.69) is 39.7 Å². The van der Waals surface area contributed by atoms with Crippen molar-refractivity contribution in [1.82, 2.24) is 25.4 Å². The van der Waals surface area contributed by atoms with Crippen molar-refractivity contribution >= 4 is 29.9 Å². The Morgan fingerprint density at radius 3 is 2.41 bits per heavy atom. The quantitative estimate of drug-likeness (QED) is 0.178. The Balaban J connectivity index is 0.00000676. The van der Waals surface area contributed by atoms with Gasteiger partial charge in [0.2, 0.25) is 0 Å². The summed E-state index contributed by atoms with van der Waals surface area (Å²) in [6.07, 6.45) is 4.32. The molecule has 1 rings (SSSR count). The first kappa shape index (κ1) is 26.1. The fraction of sp³-hybridized carbons (Fsp3) is 0.833. The molecule has 0 saturated heterocycles. The van der Waals surface area contributed by atoms with E-state index in [0.29, 0.717) is 25.7 Å². The summed E-state index contributed by atoms with van der Waals surface area (Å²) >= 11 is 0. The molecular weight excluding hydrogens is 459 g/mol.